The number of nitro benzene ring substituents is 3. The summed E-state index contributed by atoms with van der Waals surface area (Å²) in [4.78, 5) is 32.2. The zero-order chi connectivity index (χ0) is 22.4. The van der Waals surface area contributed by atoms with Crippen LogP contribution in [0.1, 0.15) is 0 Å². The zero-order valence-corrected chi connectivity index (χ0v) is 21.9. The van der Waals surface area contributed by atoms with E-state index in [1.165, 1.54) is 18.2 Å². The summed E-state index contributed by atoms with van der Waals surface area (Å²) in [6.45, 7) is 0. The molecule has 3 rings (SSSR count). The van der Waals surface area contributed by atoms with Crippen LogP contribution in [0, 0.1) is 30.3 Å². The van der Waals surface area contributed by atoms with Gasteiger partial charge in [-0.25, -0.2) is 0 Å². The van der Waals surface area contributed by atoms with Gasteiger partial charge >= 0.3 is 187 Å². The Morgan fingerprint density at radius 1 is 0.548 bits per heavy atom. The Morgan fingerprint density at radius 2 is 0.839 bits per heavy atom. The first-order valence-corrected chi connectivity index (χ1v) is 22.1. The summed E-state index contributed by atoms with van der Waals surface area (Å²) in [5.41, 5.74) is 0.231. The normalized spacial score (nSPS) is 11.9. The zero-order valence-electron chi connectivity index (χ0n) is 16.3. The fraction of sp³-hybridized carbons (Fsp3) is 0. The van der Waals surface area contributed by atoms with Crippen molar-refractivity contribution >= 4 is 56.3 Å². The molecule has 0 radical (unpaired) electrons. The molecule has 0 unspecified atom stereocenters. The van der Waals surface area contributed by atoms with Gasteiger partial charge in [0.05, 0.1) is 0 Å². The first kappa shape index (κ1) is 22.8. The van der Waals surface area contributed by atoms with Crippen molar-refractivity contribution in [3.8, 4) is 0 Å². The van der Waals surface area contributed by atoms with Crippen molar-refractivity contribution in [3.63, 3.8) is 0 Å². The van der Waals surface area contributed by atoms with Gasteiger partial charge in [-0.15, -0.1) is 0 Å². The summed E-state index contributed by atoms with van der Waals surface area (Å²) >= 11 is -1.40. The Morgan fingerprint density at radius 3 is 1.10 bits per heavy atom. The van der Waals surface area contributed by atoms with E-state index >= 15 is 0 Å². The van der Waals surface area contributed by atoms with E-state index in [9.17, 15) is 30.3 Å². The molecule has 0 bridgehead atoms. The molecule has 0 heterocycles. The van der Waals surface area contributed by atoms with Crippen LogP contribution in [0.2, 0.25) is 0 Å². The topological polar surface area (TPSA) is 129 Å². The van der Waals surface area contributed by atoms with Crippen LogP contribution < -0.4 is 15.6 Å². The minimum absolute atomic E-state index is 0.0768. The average Bonchev–Trinajstić information content (AvgIpc) is 2.74. The molecule has 0 atom stereocenters. The van der Waals surface area contributed by atoms with E-state index in [0.717, 1.165) is 15.6 Å². The molecule has 0 amide bonds. The van der Waals surface area contributed by atoms with E-state index in [-0.39, 0.29) is 17.1 Å². The van der Waals surface area contributed by atoms with Crippen molar-refractivity contribution in [2.75, 3.05) is 0 Å². The Hall–Kier alpha value is -2.90. The monoisotopic (exact) mass is 507 g/mol. The maximum absolute atomic E-state index is 11.1. The van der Waals surface area contributed by atoms with Gasteiger partial charge < -0.3 is 0 Å². The Bertz CT molecular complexity index is 1010. The standard InChI is InChI=1S/3C6H6NO2Si.V/c3*8-7(9)5-2-1-3-6(10)4-5;/h3*1-4H,10H2;. The molecular formula is C18H18N3O6Si3V. The Balaban J connectivity index is 1.89. The molecule has 3 aromatic rings. The predicted octanol–water partition coefficient (Wildman–Crippen LogP) is -0.443. The number of hydrogen-bond donors (Lipinski definition) is 0. The second-order valence-corrected chi connectivity index (χ2v) is 39.0. The van der Waals surface area contributed by atoms with Gasteiger partial charge in [0.1, 0.15) is 0 Å². The molecule has 0 N–H and O–H groups in total. The van der Waals surface area contributed by atoms with Crippen LogP contribution in [-0.2, 0) is 13.1 Å². The Labute approximate surface area is 187 Å². The van der Waals surface area contributed by atoms with Crippen molar-refractivity contribution in [3.05, 3.63) is 103 Å². The number of nitrogens with zero attached hydrogens (tertiary/aromatic N) is 3. The van der Waals surface area contributed by atoms with Gasteiger partial charge in [-0.3, -0.25) is 0 Å². The summed E-state index contributed by atoms with van der Waals surface area (Å²) in [5.74, 6) is 0. The summed E-state index contributed by atoms with van der Waals surface area (Å²) in [6, 6.07) is 20.3. The van der Waals surface area contributed by atoms with Crippen LogP contribution in [0.25, 0.3) is 0 Å². The van der Waals surface area contributed by atoms with Crippen LogP contribution in [0.4, 0.5) is 17.1 Å². The molecule has 13 heteroatoms. The van der Waals surface area contributed by atoms with Gasteiger partial charge in [0.25, 0.3) is 0 Å². The summed E-state index contributed by atoms with van der Waals surface area (Å²) < 4.78 is 0. The first-order valence-electron chi connectivity index (χ1n) is 9.24. The summed E-state index contributed by atoms with van der Waals surface area (Å²) in [6.07, 6.45) is 0. The molecule has 0 aromatic heterocycles. The number of rotatable bonds is 9. The van der Waals surface area contributed by atoms with Crippen molar-refractivity contribution < 1.29 is 27.9 Å². The van der Waals surface area contributed by atoms with E-state index in [1.54, 1.807) is 36.4 Å². The molecule has 3 aromatic carbocycles. The first-order chi connectivity index (χ1) is 14.8. The van der Waals surface area contributed by atoms with Gasteiger partial charge in [0, 0.05) is 0 Å². The van der Waals surface area contributed by atoms with Gasteiger partial charge in [0.2, 0.25) is 0 Å². The van der Waals surface area contributed by atoms with Crippen molar-refractivity contribution in [1.29, 1.82) is 0 Å². The van der Waals surface area contributed by atoms with Crippen molar-refractivity contribution in [1.82, 2.24) is 0 Å². The van der Waals surface area contributed by atoms with Gasteiger partial charge in [-0.2, -0.15) is 0 Å². The quantitative estimate of drug-likeness (QED) is 0.219. The van der Waals surface area contributed by atoms with Crippen LogP contribution >= 0.6 is 0 Å². The number of nitro groups is 3. The van der Waals surface area contributed by atoms with Crippen LogP contribution in [-0.4, -0.2) is 38.4 Å². The molecule has 0 aliphatic carbocycles. The average molecular weight is 508 g/mol. The molecule has 0 aliphatic heterocycles. The van der Waals surface area contributed by atoms with Gasteiger partial charge in [0.15, 0.2) is 0 Å². The molecular weight excluding hydrogens is 489 g/mol. The molecule has 9 nitrogen and oxygen atoms in total. The Kier molecular flexibility index (Phi) is 7.65. The molecule has 0 aliphatic rings. The number of non-ortho nitro benzene ring substituents is 3. The summed E-state index contributed by atoms with van der Waals surface area (Å²) in [7, 11) is -2.33. The van der Waals surface area contributed by atoms with Gasteiger partial charge in [-0.05, 0) is 0 Å². The number of hydrogen-bond acceptors (Lipinski definition) is 6. The SMILES string of the molecule is O=[N+]([O-])c1cccc([SiH2][V]([SiH2]c2cccc([N+](=O)[O-])c2)[SiH2]c2cccc([N+](=O)[O-])c2)c1. The molecule has 0 spiro atoms. The van der Waals surface area contributed by atoms with Crippen LogP contribution in [0.15, 0.2) is 72.8 Å². The van der Waals surface area contributed by atoms with Crippen LogP contribution in [0.3, 0.4) is 0 Å². The van der Waals surface area contributed by atoms with Gasteiger partial charge in [-0.1, -0.05) is 0 Å². The van der Waals surface area contributed by atoms with E-state index in [1.807, 2.05) is 18.2 Å². The fourth-order valence-corrected chi connectivity index (χ4v) is 41.7. The maximum atomic E-state index is 11.1. The predicted molar refractivity (Wildman–Crippen MR) is 124 cm³/mol. The second kappa shape index (κ2) is 10.4. The van der Waals surface area contributed by atoms with E-state index in [2.05, 4.69) is 0 Å². The third-order valence-electron chi connectivity index (χ3n) is 4.58. The summed E-state index contributed by atoms with van der Waals surface area (Å²) in [5, 5.41) is 36.5. The molecule has 158 valence electrons. The van der Waals surface area contributed by atoms with Crippen LogP contribution in [0.5, 0.6) is 0 Å². The minimum atomic E-state index is -1.40. The van der Waals surface area contributed by atoms with Crippen molar-refractivity contribution in [2.45, 2.75) is 0 Å². The molecule has 0 saturated heterocycles. The van der Waals surface area contributed by atoms with E-state index < -0.39 is 51.6 Å². The molecule has 0 saturated carbocycles. The number of benzene rings is 3. The third kappa shape index (κ3) is 6.54. The second-order valence-electron chi connectivity index (χ2n) is 6.93. The van der Waals surface area contributed by atoms with E-state index in [0.29, 0.717) is 0 Å². The van der Waals surface area contributed by atoms with Crippen molar-refractivity contribution in [2.24, 2.45) is 0 Å². The third-order valence-corrected chi connectivity index (χ3v) is 36.4. The van der Waals surface area contributed by atoms with E-state index in [4.69, 9.17) is 0 Å². The fourth-order valence-electron chi connectivity index (χ4n) is 3.25. The molecule has 0 fully saturated rings. The molecule has 31 heavy (non-hydrogen) atoms.